The Hall–Kier alpha value is -1.20. The molecule has 3 aliphatic heterocycles. The van der Waals surface area contributed by atoms with Crippen LogP contribution in [0.15, 0.2) is 6.33 Å². The molecule has 0 aromatic carbocycles. The van der Waals surface area contributed by atoms with E-state index in [2.05, 4.69) is 20.2 Å². The van der Waals surface area contributed by atoms with E-state index in [9.17, 15) is 0 Å². The fourth-order valence-electron chi connectivity index (χ4n) is 3.32. The highest BCUT2D eigenvalue weighted by Gasteiger charge is 2.35. The number of aromatic nitrogens is 2. The van der Waals surface area contributed by atoms with Crippen LogP contribution in [0.3, 0.4) is 0 Å². The predicted octanol–water partition coefficient (Wildman–Crippen LogP) is 0.490. The fourth-order valence-corrected chi connectivity index (χ4v) is 3.32. The van der Waals surface area contributed by atoms with E-state index in [0.29, 0.717) is 12.2 Å². The number of ether oxygens (including phenoxy) is 1. The van der Waals surface area contributed by atoms with Crippen molar-refractivity contribution in [1.29, 1.82) is 0 Å². The molecule has 1 N–H and O–H groups in total. The molecule has 5 heteroatoms. The highest BCUT2D eigenvalue weighted by atomic mass is 16.5. The number of morpholine rings is 1. The second-order valence-electron chi connectivity index (χ2n) is 5.41. The molecule has 0 amide bonds. The molecule has 0 aliphatic carbocycles. The van der Waals surface area contributed by atoms with Crippen LogP contribution in [-0.4, -0.2) is 41.8 Å². The lowest BCUT2D eigenvalue weighted by Gasteiger charge is -2.35. The van der Waals surface area contributed by atoms with E-state index in [1.807, 2.05) is 0 Å². The van der Waals surface area contributed by atoms with Gasteiger partial charge in [0.25, 0.3) is 0 Å². The van der Waals surface area contributed by atoms with Crippen LogP contribution in [0.1, 0.15) is 24.1 Å². The summed E-state index contributed by atoms with van der Waals surface area (Å²) >= 11 is 0. The maximum Gasteiger partial charge on any atom is 0.136 e. The average Bonchev–Trinajstić information content (AvgIpc) is 2.77. The zero-order chi connectivity index (χ0) is 11.9. The molecule has 3 aliphatic rings. The van der Waals surface area contributed by atoms with Crippen molar-refractivity contribution < 1.29 is 4.74 Å². The van der Waals surface area contributed by atoms with E-state index in [1.165, 1.54) is 24.1 Å². The van der Waals surface area contributed by atoms with Crippen molar-refractivity contribution in [2.24, 2.45) is 0 Å². The summed E-state index contributed by atoms with van der Waals surface area (Å²) in [6, 6.07) is 0. The highest BCUT2D eigenvalue weighted by Crippen LogP contribution is 2.31. The summed E-state index contributed by atoms with van der Waals surface area (Å²) in [7, 11) is 0. The molecule has 1 aromatic heterocycles. The molecule has 4 rings (SSSR count). The summed E-state index contributed by atoms with van der Waals surface area (Å²) in [5.74, 6) is 1.13. The van der Waals surface area contributed by atoms with E-state index < -0.39 is 0 Å². The van der Waals surface area contributed by atoms with Crippen molar-refractivity contribution in [2.75, 3.05) is 24.5 Å². The maximum atomic E-state index is 5.89. The normalized spacial score (nSPS) is 30.3. The molecule has 0 spiro atoms. The zero-order valence-corrected chi connectivity index (χ0v) is 10.4. The van der Waals surface area contributed by atoms with Crippen LogP contribution in [-0.2, 0) is 17.7 Å². The predicted molar refractivity (Wildman–Crippen MR) is 67.6 cm³/mol. The lowest BCUT2D eigenvalue weighted by molar-refractivity contribution is 0.0301. The highest BCUT2D eigenvalue weighted by molar-refractivity contribution is 5.50. The van der Waals surface area contributed by atoms with Gasteiger partial charge in [0.1, 0.15) is 12.1 Å². The van der Waals surface area contributed by atoms with Gasteiger partial charge >= 0.3 is 0 Å². The van der Waals surface area contributed by atoms with Crippen LogP contribution in [0.25, 0.3) is 0 Å². The first-order valence-electron chi connectivity index (χ1n) is 6.84. The third kappa shape index (κ3) is 1.69. The summed E-state index contributed by atoms with van der Waals surface area (Å²) in [5, 5.41) is 3.42. The monoisotopic (exact) mass is 246 g/mol. The molecule has 5 nitrogen and oxygen atoms in total. The summed E-state index contributed by atoms with van der Waals surface area (Å²) in [5.41, 5.74) is 2.52. The van der Waals surface area contributed by atoms with Gasteiger partial charge in [0.2, 0.25) is 0 Å². The first kappa shape index (κ1) is 10.7. The topological polar surface area (TPSA) is 50.3 Å². The Labute approximate surface area is 107 Å². The van der Waals surface area contributed by atoms with E-state index in [0.717, 1.165) is 38.4 Å². The van der Waals surface area contributed by atoms with Gasteiger partial charge in [-0.25, -0.2) is 9.97 Å². The van der Waals surface area contributed by atoms with E-state index in [-0.39, 0.29) is 0 Å². The fraction of sp³-hybridized carbons (Fsp3) is 0.692. The van der Waals surface area contributed by atoms with Crippen LogP contribution in [0, 0.1) is 0 Å². The summed E-state index contributed by atoms with van der Waals surface area (Å²) < 4.78 is 5.89. The SMILES string of the molecule is c1nc2c(c(N3CC4CCC(C3)O4)n1)CNCC2. The van der Waals surface area contributed by atoms with E-state index in [1.54, 1.807) is 6.33 Å². The summed E-state index contributed by atoms with van der Waals surface area (Å²) in [6.07, 6.45) is 5.95. The van der Waals surface area contributed by atoms with E-state index >= 15 is 0 Å². The van der Waals surface area contributed by atoms with Gasteiger partial charge < -0.3 is 15.0 Å². The number of nitrogens with zero attached hydrogens (tertiary/aromatic N) is 3. The first-order valence-corrected chi connectivity index (χ1v) is 6.84. The summed E-state index contributed by atoms with van der Waals surface area (Å²) in [6.45, 7) is 3.90. The zero-order valence-electron chi connectivity index (χ0n) is 10.4. The van der Waals surface area contributed by atoms with Crippen molar-refractivity contribution >= 4 is 5.82 Å². The van der Waals surface area contributed by atoms with Gasteiger partial charge in [0.15, 0.2) is 0 Å². The molecule has 0 radical (unpaired) electrons. The third-order valence-corrected chi connectivity index (χ3v) is 4.20. The minimum absolute atomic E-state index is 0.408. The van der Waals surface area contributed by atoms with Gasteiger partial charge in [-0.3, -0.25) is 0 Å². The van der Waals surface area contributed by atoms with Crippen LogP contribution in [0.2, 0.25) is 0 Å². The largest absolute Gasteiger partial charge is 0.371 e. The van der Waals surface area contributed by atoms with Crippen molar-refractivity contribution in [1.82, 2.24) is 15.3 Å². The number of rotatable bonds is 1. The molecule has 4 heterocycles. The molecule has 18 heavy (non-hydrogen) atoms. The van der Waals surface area contributed by atoms with Crippen molar-refractivity contribution in [2.45, 2.75) is 38.0 Å². The Kier molecular flexibility index (Phi) is 2.48. The molecule has 2 unspecified atom stereocenters. The lowest BCUT2D eigenvalue weighted by atomic mass is 10.1. The van der Waals surface area contributed by atoms with Crippen LogP contribution in [0.4, 0.5) is 5.82 Å². The van der Waals surface area contributed by atoms with Crippen molar-refractivity contribution in [3.8, 4) is 0 Å². The smallest absolute Gasteiger partial charge is 0.136 e. The van der Waals surface area contributed by atoms with Gasteiger partial charge in [0.05, 0.1) is 17.9 Å². The first-order chi connectivity index (χ1) is 8.90. The van der Waals surface area contributed by atoms with Crippen LogP contribution >= 0.6 is 0 Å². The number of hydrogen-bond acceptors (Lipinski definition) is 5. The Balaban J connectivity index is 1.68. The third-order valence-electron chi connectivity index (χ3n) is 4.20. The lowest BCUT2D eigenvalue weighted by Crippen LogP contribution is -2.44. The second-order valence-corrected chi connectivity index (χ2v) is 5.41. The van der Waals surface area contributed by atoms with Gasteiger partial charge in [-0.15, -0.1) is 0 Å². The maximum absolute atomic E-state index is 5.89. The van der Waals surface area contributed by atoms with Crippen molar-refractivity contribution in [3.05, 3.63) is 17.6 Å². The van der Waals surface area contributed by atoms with Gasteiger partial charge in [0, 0.05) is 38.2 Å². The minimum Gasteiger partial charge on any atom is -0.371 e. The summed E-state index contributed by atoms with van der Waals surface area (Å²) in [4.78, 5) is 11.4. The van der Waals surface area contributed by atoms with Gasteiger partial charge in [-0.1, -0.05) is 0 Å². The number of nitrogens with one attached hydrogen (secondary N) is 1. The van der Waals surface area contributed by atoms with Crippen LogP contribution < -0.4 is 10.2 Å². The molecule has 0 saturated carbocycles. The molecule has 2 fully saturated rings. The Morgan fingerprint density at radius 2 is 2.06 bits per heavy atom. The second kappa shape index (κ2) is 4.17. The quantitative estimate of drug-likeness (QED) is 0.781. The molecule has 1 aromatic rings. The molecule has 2 saturated heterocycles. The Morgan fingerprint density at radius 3 is 2.89 bits per heavy atom. The molecule has 2 bridgehead atoms. The van der Waals surface area contributed by atoms with Gasteiger partial charge in [-0.05, 0) is 12.8 Å². The van der Waals surface area contributed by atoms with Gasteiger partial charge in [-0.2, -0.15) is 0 Å². The number of fused-ring (bicyclic) bond motifs is 3. The Bertz CT molecular complexity index is 452. The van der Waals surface area contributed by atoms with Crippen molar-refractivity contribution in [3.63, 3.8) is 0 Å². The Morgan fingerprint density at radius 1 is 1.22 bits per heavy atom. The van der Waals surface area contributed by atoms with E-state index in [4.69, 9.17) is 4.74 Å². The number of hydrogen-bond donors (Lipinski definition) is 1. The average molecular weight is 246 g/mol. The molecule has 96 valence electrons. The minimum atomic E-state index is 0.408. The molecular weight excluding hydrogens is 228 g/mol. The van der Waals surface area contributed by atoms with Crippen LogP contribution in [0.5, 0.6) is 0 Å². The number of anilines is 1. The molecule has 2 atom stereocenters. The molecular formula is C13H18N4O. The standard InChI is InChI=1S/C13H18N4O/c1-2-10-7-17(6-9(1)18-10)13-11-5-14-4-3-12(11)15-8-16-13/h8-10,14H,1-7H2.